The fourth-order valence-corrected chi connectivity index (χ4v) is 2.19. The molecule has 1 atom stereocenters. The third-order valence-electron chi connectivity index (χ3n) is 3.08. The quantitative estimate of drug-likeness (QED) is 0.794. The number of phenolic OH excluding ortho intramolecular Hbond substituents is 1. The van der Waals surface area contributed by atoms with Crippen LogP contribution in [0.4, 0.5) is 0 Å². The van der Waals surface area contributed by atoms with Crippen LogP contribution in [0.2, 0.25) is 5.02 Å². The fourth-order valence-electron chi connectivity index (χ4n) is 2.02. The summed E-state index contributed by atoms with van der Waals surface area (Å²) in [6, 6.07) is 13.4. The number of aliphatic hydroxyl groups is 1. The summed E-state index contributed by atoms with van der Waals surface area (Å²) in [7, 11) is 0. The Morgan fingerprint density at radius 1 is 1.19 bits per heavy atom. The van der Waals surface area contributed by atoms with Gasteiger partial charge in [0.1, 0.15) is 5.75 Å². The molecule has 0 spiro atoms. The zero-order valence-corrected chi connectivity index (χ0v) is 12.0. The van der Waals surface area contributed by atoms with E-state index in [0.29, 0.717) is 11.4 Å². The molecule has 0 radical (unpaired) electrons. The van der Waals surface area contributed by atoms with E-state index in [1.54, 1.807) is 0 Å². The first-order valence-corrected chi connectivity index (χ1v) is 6.92. The van der Waals surface area contributed by atoms with Crippen molar-refractivity contribution in [2.45, 2.75) is 12.5 Å². The van der Waals surface area contributed by atoms with Crippen LogP contribution in [-0.4, -0.2) is 28.8 Å². The van der Waals surface area contributed by atoms with Gasteiger partial charge in [-0.05, 0) is 30.2 Å². The maximum absolute atomic E-state index is 12.1. The van der Waals surface area contributed by atoms with Crippen LogP contribution >= 0.6 is 11.6 Å². The molecule has 0 fully saturated rings. The standard InChI is InChI=1S/C16H16ClNO3/c17-12-6-7-14(15(20)9-12)16(21)18-13(10-19)8-11-4-2-1-3-5-11/h1-7,9,13,19-20H,8,10H2,(H,18,21)/t13-/m1/s1. The van der Waals surface area contributed by atoms with Crippen LogP contribution in [0.3, 0.4) is 0 Å². The highest BCUT2D eigenvalue weighted by molar-refractivity contribution is 6.30. The van der Waals surface area contributed by atoms with Gasteiger partial charge in [-0.15, -0.1) is 0 Å². The molecule has 2 aromatic carbocycles. The summed E-state index contributed by atoms with van der Waals surface area (Å²) < 4.78 is 0. The number of hydrogen-bond donors (Lipinski definition) is 3. The Bertz CT molecular complexity index is 616. The van der Waals surface area contributed by atoms with Crippen LogP contribution in [0, 0.1) is 0 Å². The van der Waals surface area contributed by atoms with Gasteiger partial charge in [-0.3, -0.25) is 4.79 Å². The minimum Gasteiger partial charge on any atom is -0.507 e. The van der Waals surface area contributed by atoms with Crippen molar-refractivity contribution in [1.29, 1.82) is 0 Å². The molecule has 21 heavy (non-hydrogen) atoms. The molecule has 2 aromatic rings. The normalized spacial score (nSPS) is 11.9. The predicted molar refractivity (Wildman–Crippen MR) is 81.6 cm³/mol. The molecular formula is C16H16ClNO3. The van der Waals surface area contributed by atoms with Gasteiger partial charge >= 0.3 is 0 Å². The molecule has 0 aliphatic carbocycles. The van der Waals surface area contributed by atoms with E-state index in [1.165, 1.54) is 18.2 Å². The second kappa shape index (κ2) is 7.11. The summed E-state index contributed by atoms with van der Waals surface area (Å²) in [5.41, 5.74) is 1.14. The molecule has 2 rings (SSSR count). The number of nitrogens with one attached hydrogen (secondary N) is 1. The van der Waals surface area contributed by atoms with Gasteiger partial charge in [0.2, 0.25) is 0 Å². The zero-order valence-electron chi connectivity index (χ0n) is 11.3. The molecule has 4 nitrogen and oxygen atoms in total. The Kier molecular flexibility index (Phi) is 5.20. The monoisotopic (exact) mass is 305 g/mol. The second-order valence-electron chi connectivity index (χ2n) is 4.70. The van der Waals surface area contributed by atoms with Crippen molar-refractivity contribution in [1.82, 2.24) is 5.32 Å². The van der Waals surface area contributed by atoms with E-state index in [4.69, 9.17) is 11.6 Å². The molecule has 0 saturated heterocycles. The Morgan fingerprint density at radius 2 is 1.90 bits per heavy atom. The summed E-state index contributed by atoms with van der Waals surface area (Å²) in [5.74, 6) is -0.629. The van der Waals surface area contributed by atoms with Crippen molar-refractivity contribution in [3.63, 3.8) is 0 Å². The Morgan fingerprint density at radius 3 is 2.52 bits per heavy atom. The van der Waals surface area contributed by atoms with Gasteiger partial charge in [-0.25, -0.2) is 0 Å². The first-order valence-electron chi connectivity index (χ1n) is 6.54. The van der Waals surface area contributed by atoms with Crippen LogP contribution in [0.25, 0.3) is 0 Å². The topological polar surface area (TPSA) is 69.6 Å². The van der Waals surface area contributed by atoms with E-state index >= 15 is 0 Å². The number of benzene rings is 2. The van der Waals surface area contributed by atoms with Gasteiger partial charge in [-0.2, -0.15) is 0 Å². The molecule has 3 N–H and O–H groups in total. The average Bonchev–Trinajstić information content (AvgIpc) is 2.47. The van der Waals surface area contributed by atoms with E-state index in [0.717, 1.165) is 5.56 Å². The van der Waals surface area contributed by atoms with Crippen molar-refractivity contribution < 1.29 is 15.0 Å². The maximum atomic E-state index is 12.1. The number of amides is 1. The molecule has 110 valence electrons. The van der Waals surface area contributed by atoms with E-state index in [9.17, 15) is 15.0 Å². The van der Waals surface area contributed by atoms with Crippen LogP contribution in [0.1, 0.15) is 15.9 Å². The van der Waals surface area contributed by atoms with Gasteiger partial charge in [0, 0.05) is 5.02 Å². The molecule has 0 unspecified atom stereocenters. The summed E-state index contributed by atoms with van der Waals surface area (Å²) >= 11 is 5.73. The first kappa shape index (κ1) is 15.4. The van der Waals surface area contributed by atoms with Crippen LogP contribution < -0.4 is 5.32 Å². The SMILES string of the molecule is O=C(N[C@@H](CO)Cc1ccccc1)c1ccc(Cl)cc1O. The summed E-state index contributed by atoms with van der Waals surface area (Å²) in [4.78, 5) is 12.1. The molecule has 0 aromatic heterocycles. The second-order valence-corrected chi connectivity index (χ2v) is 5.14. The molecule has 0 aliphatic rings. The summed E-state index contributed by atoms with van der Waals surface area (Å²) in [5, 5.41) is 22.2. The van der Waals surface area contributed by atoms with E-state index in [-0.39, 0.29) is 17.9 Å². The van der Waals surface area contributed by atoms with Crippen LogP contribution in [0.15, 0.2) is 48.5 Å². The Hall–Kier alpha value is -2.04. The van der Waals surface area contributed by atoms with Gasteiger partial charge < -0.3 is 15.5 Å². The molecule has 5 heteroatoms. The number of aliphatic hydroxyl groups excluding tert-OH is 1. The fraction of sp³-hybridized carbons (Fsp3) is 0.188. The lowest BCUT2D eigenvalue weighted by Gasteiger charge is -2.17. The van der Waals surface area contributed by atoms with Gasteiger partial charge in [0.05, 0.1) is 18.2 Å². The van der Waals surface area contributed by atoms with Crippen molar-refractivity contribution >= 4 is 17.5 Å². The summed E-state index contributed by atoms with van der Waals surface area (Å²) in [6.07, 6.45) is 0.511. The average molecular weight is 306 g/mol. The molecular weight excluding hydrogens is 290 g/mol. The number of phenols is 1. The highest BCUT2D eigenvalue weighted by Gasteiger charge is 2.16. The third-order valence-corrected chi connectivity index (χ3v) is 3.32. The van der Waals surface area contributed by atoms with Crippen LogP contribution in [-0.2, 0) is 6.42 Å². The van der Waals surface area contributed by atoms with Crippen molar-refractivity contribution in [2.24, 2.45) is 0 Å². The van der Waals surface area contributed by atoms with E-state index in [1.807, 2.05) is 30.3 Å². The predicted octanol–water partition coefficient (Wildman–Crippen LogP) is 2.38. The van der Waals surface area contributed by atoms with E-state index in [2.05, 4.69) is 5.32 Å². The summed E-state index contributed by atoms with van der Waals surface area (Å²) in [6.45, 7) is -0.186. The Balaban J connectivity index is 2.06. The van der Waals surface area contributed by atoms with Gasteiger partial charge in [-0.1, -0.05) is 41.9 Å². The largest absolute Gasteiger partial charge is 0.507 e. The van der Waals surface area contributed by atoms with Crippen molar-refractivity contribution in [3.8, 4) is 5.75 Å². The molecule has 0 saturated carbocycles. The first-order chi connectivity index (χ1) is 10.1. The number of hydrogen-bond acceptors (Lipinski definition) is 3. The number of aromatic hydroxyl groups is 1. The smallest absolute Gasteiger partial charge is 0.255 e. The van der Waals surface area contributed by atoms with Gasteiger partial charge in [0.15, 0.2) is 0 Å². The van der Waals surface area contributed by atoms with Crippen molar-refractivity contribution in [2.75, 3.05) is 6.61 Å². The maximum Gasteiger partial charge on any atom is 0.255 e. The molecule has 0 bridgehead atoms. The highest BCUT2D eigenvalue weighted by atomic mass is 35.5. The van der Waals surface area contributed by atoms with E-state index < -0.39 is 11.9 Å². The number of halogens is 1. The highest BCUT2D eigenvalue weighted by Crippen LogP contribution is 2.21. The molecule has 0 aliphatic heterocycles. The third kappa shape index (κ3) is 4.21. The minimum atomic E-state index is -0.445. The lowest BCUT2D eigenvalue weighted by Crippen LogP contribution is -2.39. The molecule has 0 heterocycles. The van der Waals surface area contributed by atoms with Crippen LogP contribution in [0.5, 0.6) is 5.75 Å². The number of rotatable bonds is 5. The lowest BCUT2D eigenvalue weighted by atomic mass is 10.1. The zero-order chi connectivity index (χ0) is 15.2. The van der Waals surface area contributed by atoms with Gasteiger partial charge in [0.25, 0.3) is 5.91 Å². The lowest BCUT2D eigenvalue weighted by molar-refractivity contribution is 0.0914. The number of carbonyl (C=O) groups excluding carboxylic acids is 1. The molecule has 1 amide bonds. The Labute approximate surface area is 128 Å². The minimum absolute atomic E-state index is 0.130. The van der Waals surface area contributed by atoms with Crippen molar-refractivity contribution in [3.05, 3.63) is 64.7 Å². The number of carbonyl (C=O) groups is 1.